The van der Waals surface area contributed by atoms with E-state index in [1.807, 2.05) is 24.3 Å². The third kappa shape index (κ3) is 2.16. The van der Waals surface area contributed by atoms with Gasteiger partial charge in [0.15, 0.2) is 0 Å². The average Bonchev–Trinajstić information content (AvgIpc) is 2.93. The molecule has 1 aliphatic rings. The molecule has 0 saturated heterocycles. The first-order valence-electron chi connectivity index (χ1n) is 6.58. The highest BCUT2D eigenvalue weighted by atomic mass is 16.2. The molecule has 0 unspecified atom stereocenters. The highest BCUT2D eigenvalue weighted by Gasteiger charge is 2.42. The minimum Gasteiger partial charge on any atom is -0.329 e. The summed E-state index contributed by atoms with van der Waals surface area (Å²) in [4.78, 5) is 12.2. The van der Waals surface area contributed by atoms with Crippen LogP contribution in [0.1, 0.15) is 19.3 Å². The van der Waals surface area contributed by atoms with Crippen LogP contribution in [0.2, 0.25) is 0 Å². The number of nitrogens with one attached hydrogen (secondary N) is 1. The molecule has 0 aliphatic heterocycles. The number of amides is 1. The number of carbonyl (C=O) groups excluding carboxylic acids is 1. The van der Waals surface area contributed by atoms with Crippen molar-refractivity contribution in [3.05, 3.63) is 30.6 Å². The van der Waals surface area contributed by atoms with E-state index in [1.54, 1.807) is 4.68 Å². The molecule has 20 heavy (non-hydrogen) atoms. The Kier molecular flexibility index (Phi) is 3.19. The lowest BCUT2D eigenvalue weighted by molar-refractivity contribution is -0.129. The second kappa shape index (κ2) is 5.01. The van der Waals surface area contributed by atoms with Gasteiger partial charge in [-0.1, -0.05) is 6.42 Å². The van der Waals surface area contributed by atoms with Crippen LogP contribution in [-0.2, 0) is 4.79 Å². The van der Waals surface area contributed by atoms with Gasteiger partial charge in [0.05, 0.1) is 11.1 Å². The van der Waals surface area contributed by atoms with Crippen molar-refractivity contribution in [1.82, 2.24) is 20.2 Å². The number of nitrogens with two attached hydrogens (primary N) is 1. The zero-order chi connectivity index (χ0) is 14.0. The van der Waals surface area contributed by atoms with E-state index in [-0.39, 0.29) is 11.3 Å². The summed E-state index contributed by atoms with van der Waals surface area (Å²) in [7, 11) is 0. The second-order valence-corrected chi connectivity index (χ2v) is 5.09. The summed E-state index contributed by atoms with van der Waals surface area (Å²) in [6.07, 6.45) is 4.34. The smallest absolute Gasteiger partial charge is 0.231 e. The summed E-state index contributed by atoms with van der Waals surface area (Å²) in [5, 5.41) is 13.9. The lowest BCUT2D eigenvalue weighted by Gasteiger charge is -2.39. The van der Waals surface area contributed by atoms with Gasteiger partial charge in [0.1, 0.15) is 6.33 Å². The topological polar surface area (TPSA) is 98.7 Å². The normalized spacial score (nSPS) is 16.4. The summed E-state index contributed by atoms with van der Waals surface area (Å²) in [5.41, 5.74) is 6.95. The molecule has 0 spiro atoms. The van der Waals surface area contributed by atoms with Gasteiger partial charge >= 0.3 is 0 Å². The van der Waals surface area contributed by atoms with Crippen molar-refractivity contribution in [1.29, 1.82) is 0 Å². The maximum Gasteiger partial charge on any atom is 0.231 e. The largest absolute Gasteiger partial charge is 0.329 e. The van der Waals surface area contributed by atoms with Gasteiger partial charge in [0.25, 0.3) is 0 Å². The fraction of sp³-hybridized carbons (Fsp3) is 0.385. The summed E-state index contributed by atoms with van der Waals surface area (Å²) in [6.45, 7) is 0.404. The molecule has 1 fully saturated rings. The molecule has 1 saturated carbocycles. The minimum atomic E-state index is -0.367. The Hall–Kier alpha value is -2.28. The van der Waals surface area contributed by atoms with Crippen LogP contribution >= 0.6 is 0 Å². The van der Waals surface area contributed by atoms with Crippen molar-refractivity contribution in [2.75, 3.05) is 11.9 Å². The number of tetrazole rings is 1. The van der Waals surface area contributed by atoms with E-state index in [0.29, 0.717) is 6.54 Å². The summed E-state index contributed by atoms with van der Waals surface area (Å²) < 4.78 is 1.55. The van der Waals surface area contributed by atoms with E-state index in [9.17, 15) is 4.79 Å². The summed E-state index contributed by atoms with van der Waals surface area (Å²) in [5.74, 6) is 0.0152. The van der Waals surface area contributed by atoms with E-state index >= 15 is 0 Å². The molecule has 0 radical (unpaired) electrons. The SMILES string of the molecule is NCC1(C(=O)Nc2ccc(-n3cnnn3)cc2)CCC1. The fourth-order valence-electron chi connectivity index (χ4n) is 2.37. The predicted octanol–water partition coefficient (Wildman–Crippen LogP) is 0.730. The lowest BCUT2D eigenvalue weighted by atomic mass is 9.68. The summed E-state index contributed by atoms with van der Waals surface area (Å²) >= 11 is 0. The molecule has 0 bridgehead atoms. The average molecular weight is 272 g/mol. The number of hydrogen-bond acceptors (Lipinski definition) is 5. The van der Waals surface area contributed by atoms with Gasteiger partial charge in [-0.2, -0.15) is 0 Å². The van der Waals surface area contributed by atoms with Gasteiger partial charge in [0, 0.05) is 12.2 Å². The van der Waals surface area contributed by atoms with Crippen molar-refractivity contribution in [2.45, 2.75) is 19.3 Å². The van der Waals surface area contributed by atoms with Crippen LogP contribution in [0.25, 0.3) is 5.69 Å². The maximum atomic E-state index is 12.2. The van der Waals surface area contributed by atoms with Crippen molar-refractivity contribution in [3.8, 4) is 5.69 Å². The highest BCUT2D eigenvalue weighted by Crippen LogP contribution is 2.40. The van der Waals surface area contributed by atoms with E-state index < -0.39 is 0 Å². The van der Waals surface area contributed by atoms with Crippen molar-refractivity contribution < 1.29 is 4.79 Å². The molecule has 1 heterocycles. The van der Waals surface area contributed by atoms with Crippen molar-refractivity contribution in [3.63, 3.8) is 0 Å². The zero-order valence-corrected chi connectivity index (χ0v) is 11.0. The van der Waals surface area contributed by atoms with E-state index in [0.717, 1.165) is 30.6 Å². The zero-order valence-electron chi connectivity index (χ0n) is 11.0. The van der Waals surface area contributed by atoms with E-state index in [1.165, 1.54) is 6.33 Å². The van der Waals surface area contributed by atoms with Crippen LogP contribution in [0.3, 0.4) is 0 Å². The Morgan fingerprint density at radius 1 is 1.35 bits per heavy atom. The predicted molar refractivity (Wildman–Crippen MR) is 73.1 cm³/mol. The molecule has 1 aliphatic carbocycles. The summed E-state index contributed by atoms with van der Waals surface area (Å²) in [6, 6.07) is 7.36. The third-order valence-electron chi connectivity index (χ3n) is 3.92. The number of carbonyl (C=O) groups is 1. The van der Waals surface area contributed by atoms with E-state index in [4.69, 9.17) is 5.73 Å². The maximum absolute atomic E-state index is 12.2. The number of rotatable bonds is 4. The van der Waals surface area contributed by atoms with Crippen LogP contribution < -0.4 is 11.1 Å². The van der Waals surface area contributed by atoms with Crippen LogP contribution in [0, 0.1) is 5.41 Å². The molecular formula is C13H16N6O. The molecule has 2 aromatic rings. The van der Waals surface area contributed by atoms with Crippen LogP contribution in [0.5, 0.6) is 0 Å². The van der Waals surface area contributed by atoms with Gasteiger partial charge in [-0.25, -0.2) is 4.68 Å². The van der Waals surface area contributed by atoms with Crippen LogP contribution in [0.15, 0.2) is 30.6 Å². The first kappa shape index (κ1) is 12.7. The fourth-order valence-corrected chi connectivity index (χ4v) is 2.37. The standard InChI is InChI=1S/C13H16N6O/c14-8-13(6-1-7-13)12(20)16-10-2-4-11(5-3-10)19-9-15-17-18-19/h2-5,9H,1,6-8,14H2,(H,16,20). The first-order valence-corrected chi connectivity index (χ1v) is 6.58. The van der Waals surface area contributed by atoms with Gasteiger partial charge in [-0.3, -0.25) is 4.79 Å². The number of hydrogen-bond donors (Lipinski definition) is 2. The molecule has 7 nitrogen and oxygen atoms in total. The van der Waals surface area contributed by atoms with Crippen LogP contribution in [-0.4, -0.2) is 32.7 Å². The Bertz CT molecular complexity index is 582. The van der Waals surface area contributed by atoms with Gasteiger partial charge in [0.2, 0.25) is 5.91 Å². The first-order chi connectivity index (χ1) is 9.73. The van der Waals surface area contributed by atoms with E-state index in [2.05, 4.69) is 20.8 Å². The molecule has 3 N–H and O–H groups in total. The Labute approximate surface area is 116 Å². The highest BCUT2D eigenvalue weighted by molar-refractivity contribution is 5.96. The molecular weight excluding hydrogens is 256 g/mol. The Morgan fingerprint density at radius 3 is 2.60 bits per heavy atom. The molecule has 104 valence electrons. The van der Waals surface area contributed by atoms with Crippen molar-refractivity contribution >= 4 is 11.6 Å². The quantitative estimate of drug-likeness (QED) is 0.854. The second-order valence-electron chi connectivity index (χ2n) is 5.09. The molecule has 1 aromatic carbocycles. The van der Waals surface area contributed by atoms with Crippen LogP contribution in [0.4, 0.5) is 5.69 Å². The van der Waals surface area contributed by atoms with Gasteiger partial charge in [-0.15, -0.1) is 5.10 Å². The third-order valence-corrected chi connectivity index (χ3v) is 3.92. The molecule has 3 rings (SSSR count). The number of aromatic nitrogens is 4. The molecule has 1 amide bonds. The van der Waals surface area contributed by atoms with Crippen molar-refractivity contribution in [2.24, 2.45) is 11.1 Å². The minimum absolute atomic E-state index is 0.0152. The number of nitrogens with zero attached hydrogens (tertiary/aromatic N) is 4. The molecule has 0 atom stereocenters. The Morgan fingerprint density at radius 2 is 2.10 bits per heavy atom. The number of benzene rings is 1. The molecule has 1 aromatic heterocycles. The van der Waals surface area contributed by atoms with Gasteiger partial charge in [-0.05, 0) is 47.5 Å². The number of anilines is 1. The Balaban J connectivity index is 1.71. The lowest BCUT2D eigenvalue weighted by Crippen LogP contribution is -2.47. The van der Waals surface area contributed by atoms with Gasteiger partial charge < -0.3 is 11.1 Å². The molecule has 7 heteroatoms. The monoisotopic (exact) mass is 272 g/mol.